The van der Waals surface area contributed by atoms with Crippen molar-refractivity contribution < 1.29 is 4.79 Å². The van der Waals surface area contributed by atoms with Gasteiger partial charge in [0.05, 0.1) is 0 Å². The summed E-state index contributed by atoms with van der Waals surface area (Å²) < 4.78 is 3.14. The van der Waals surface area contributed by atoms with E-state index in [2.05, 4.69) is 32.7 Å². The molecule has 0 aromatic carbocycles. The number of nitrogens with one attached hydrogen (secondary N) is 1. The van der Waals surface area contributed by atoms with Crippen molar-refractivity contribution in [3.05, 3.63) is 22.4 Å². The lowest BCUT2D eigenvalue weighted by atomic mass is 9.84. The smallest absolute Gasteiger partial charge is 0.268 e. The highest BCUT2D eigenvalue weighted by molar-refractivity contribution is 9.10. The van der Waals surface area contributed by atoms with Crippen molar-refractivity contribution in [1.29, 1.82) is 0 Å². The molecule has 1 aromatic heterocycles. The number of carbonyl (C=O) groups excluding carboxylic acids is 1. The molecule has 0 aliphatic heterocycles. The maximum absolute atomic E-state index is 12.5. The van der Waals surface area contributed by atoms with Crippen molar-refractivity contribution in [2.45, 2.75) is 64.0 Å². The third-order valence-electron chi connectivity index (χ3n) is 4.75. The van der Waals surface area contributed by atoms with E-state index in [1.165, 1.54) is 32.1 Å². The van der Waals surface area contributed by atoms with Gasteiger partial charge in [-0.2, -0.15) is 0 Å². The largest absolute Gasteiger partial charge is 0.348 e. The summed E-state index contributed by atoms with van der Waals surface area (Å²) in [5.74, 6) is 0.968. The van der Waals surface area contributed by atoms with Crippen LogP contribution in [0.25, 0.3) is 0 Å². The van der Waals surface area contributed by atoms with Crippen LogP contribution in [0, 0.1) is 5.92 Å². The first kappa shape index (κ1) is 14.2. The minimum absolute atomic E-state index is 0.0996. The maximum atomic E-state index is 12.5. The summed E-state index contributed by atoms with van der Waals surface area (Å²) >= 11 is 3.49. The normalized spacial score (nSPS) is 26.5. The summed E-state index contributed by atoms with van der Waals surface area (Å²) in [7, 11) is 0. The fourth-order valence-electron chi connectivity index (χ4n) is 3.26. The number of hydrogen-bond donors (Lipinski definition) is 1. The third-order valence-corrected chi connectivity index (χ3v) is 5.18. The number of aromatic nitrogens is 1. The molecule has 20 heavy (non-hydrogen) atoms. The number of rotatable bonds is 4. The molecule has 3 nitrogen and oxygen atoms in total. The van der Waals surface area contributed by atoms with Crippen molar-refractivity contribution in [2.75, 3.05) is 0 Å². The highest BCUT2D eigenvalue weighted by atomic mass is 79.9. The molecule has 2 saturated carbocycles. The minimum Gasteiger partial charge on any atom is -0.348 e. The van der Waals surface area contributed by atoms with Gasteiger partial charge in [-0.1, -0.05) is 13.3 Å². The first-order chi connectivity index (χ1) is 9.67. The fraction of sp³-hybridized carbons (Fsp3) is 0.688. The van der Waals surface area contributed by atoms with Crippen LogP contribution in [0.15, 0.2) is 16.7 Å². The van der Waals surface area contributed by atoms with E-state index >= 15 is 0 Å². The number of hydrogen-bond acceptors (Lipinski definition) is 1. The second-order valence-corrected chi connectivity index (χ2v) is 7.20. The summed E-state index contributed by atoms with van der Waals surface area (Å²) in [4.78, 5) is 12.5. The second-order valence-electron chi connectivity index (χ2n) is 6.28. The summed E-state index contributed by atoms with van der Waals surface area (Å²) in [6.45, 7) is 2.27. The Morgan fingerprint density at radius 1 is 1.30 bits per heavy atom. The number of carbonyl (C=O) groups is 1. The molecule has 1 amide bonds. The van der Waals surface area contributed by atoms with E-state index in [1.54, 1.807) is 0 Å². The highest BCUT2D eigenvalue weighted by Gasteiger charge is 2.29. The first-order valence-electron chi connectivity index (χ1n) is 7.85. The average Bonchev–Trinajstić information content (AvgIpc) is 3.22. The second kappa shape index (κ2) is 5.92. The van der Waals surface area contributed by atoms with Crippen LogP contribution in [0.4, 0.5) is 0 Å². The maximum Gasteiger partial charge on any atom is 0.268 e. The molecule has 0 atom stereocenters. The summed E-state index contributed by atoms with van der Waals surface area (Å²) in [5.41, 5.74) is 0.817. The lowest BCUT2D eigenvalue weighted by molar-refractivity contribution is 0.0912. The summed E-state index contributed by atoms with van der Waals surface area (Å²) in [5, 5.41) is 3.24. The van der Waals surface area contributed by atoms with Gasteiger partial charge in [-0.25, -0.2) is 0 Å². The topological polar surface area (TPSA) is 34.0 Å². The van der Waals surface area contributed by atoms with Crippen molar-refractivity contribution in [1.82, 2.24) is 9.88 Å². The Balaban J connectivity index is 1.62. The zero-order chi connectivity index (χ0) is 14.1. The van der Waals surface area contributed by atoms with E-state index < -0.39 is 0 Å². The van der Waals surface area contributed by atoms with Gasteiger partial charge >= 0.3 is 0 Å². The van der Waals surface area contributed by atoms with Gasteiger partial charge in [0.2, 0.25) is 0 Å². The van der Waals surface area contributed by atoms with Crippen LogP contribution in [0.2, 0.25) is 0 Å². The average molecular weight is 339 g/mol. The van der Waals surface area contributed by atoms with Crippen molar-refractivity contribution in [2.24, 2.45) is 5.92 Å². The van der Waals surface area contributed by atoms with E-state index in [9.17, 15) is 4.79 Å². The Kier molecular flexibility index (Phi) is 4.20. The van der Waals surface area contributed by atoms with Crippen LogP contribution in [0.1, 0.15) is 68.4 Å². The molecule has 3 rings (SSSR count). The van der Waals surface area contributed by atoms with Gasteiger partial charge in [-0.05, 0) is 66.4 Å². The van der Waals surface area contributed by atoms with Crippen LogP contribution < -0.4 is 5.32 Å². The van der Waals surface area contributed by atoms with Gasteiger partial charge in [-0.15, -0.1) is 0 Å². The Morgan fingerprint density at radius 2 is 2.00 bits per heavy atom. The summed E-state index contributed by atoms with van der Waals surface area (Å²) in [6.07, 6.45) is 10.5. The molecule has 1 N–H and O–H groups in total. The summed E-state index contributed by atoms with van der Waals surface area (Å²) in [6, 6.07) is 2.86. The molecular weight excluding hydrogens is 316 g/mol. The standard InChI is InChI=1S/C16H23BrN2O/c1-2-11-3-5-13(6-4-11)18-16(20)15-9-12(17)10-19(15)14-7-8-14/h9-11,13-14H,2-8H2,1H3,(H,18,20). The van der Waals surface area contributed by atoms with Gasteiger partial charge in [0.1, 0.15) is 5.69 Å². The van der Waals surface area contributed by atoms with Crippen LogP contribution in [-0.2, 0) is 0 Å². The van der Waals surface area contributed by atoms with Gasteiger partial charge in [0, 0.05) is 22.8 Å². The van der Waals surface area contributed by atoms with E-state index in [-0.39, 0.29) is 5.91 Å². The van der Waals surface area contributed by atoms with E-state index in [1.807, 2.05) is 12.3 Å². The molecule has 2 aliphatic carbocycles. The predicted octanol–water partition coefficient (Wildman–Crippen LogP) is 4.28. The lowest BCUT2D eigenvalue weighted by Gasteiger charge is -2.28. The van der Waals surface area contributed by atoms with Gasteiger partial charge in [-0.3, -0.25) is 4.79 Å². The van der Waals surface area contributed by atoms with E-state index in [4.69, 9.17) is 0 Å². The van der Waals surface area contributed by atoms with Gasteiger partial charge < -0.3 is 9.88 Å². The minimum atomic E-state index is 0.0996. The van der Waals surface area contributed by atoms with E-state index in [0.29, 0.717) is 12.1 Å². The van der Waals surface area contributed by atoms with Gasteiger partial charge in [0.15, 0.2) is 0 Å². The van der Waals surface area contributed by atoms with Gasteiger partial charge in [0.25, 0.3) is 5.91 Å². The molecule has 0 spiro atoms. The zero-order valence-electron chi connectivity index (χ0n) is 12.1. The SMILES string of the molecule is CCC1CCC(NC(=O)c2cc(Br)cn2C2CC2)CC1. The van der Waals surface area contributed by atoms with Crippen LogP contribution in [0.5, 0.6) is 0 Å². The predicted molar refractivity (Wildman–Crippen MR) is 83.9 cm³/mol. The Bertz CT molecular complexity index is 485. The molecule has 2 fully saturated rings. The quantitative estimate of drug-likeness (QED) is 0.873. The fourth-order valence-corrected chi connectivity index (χ4v) is 3.69. The molecule has 0 bridgehead atoms. The molecule has 4 heteroatoms. The highest BCUT2D eigenvalue weighted by Crippen LogP contribution is 2.37. The number of nitrogens with zero attached hydrogens (tertiary/aromatic N) is 1. The molecule has 0 saturated heterocycles. The monoisotopic (exact) mass is 338 g/mol. The Morgan fingerprint density at radius 3 is 2.60 bits per heavy atom. The molecule has 1 aromatic rings. The van der Waals surface area contributed by atoms with Crippen LogP contribution in [-0.4, -0.2) is 16.5 Å². The molecule has 0 radical (unpaired) electrons. The van der Waals surface area contributed by atoms with Crippen LogP contribution in [0.3, 0.4) is 0 Å². The first-order valence-corrected chi connectivity index (χ1v) is 8.65. The molecule has 0 unspecified atom stereocenters. The lowest BCUT2D eigenvalue weighted by Crippen LogP contribution is -2.38. The van der Waals surface area contributed by atoms with Crippen molar-refractivity contribution in [3.8, 4) is 0 Å². The van der Waals surface area contributed by atoms with Crippen molar-refractivity contribution >= 4 is 21.8 Å². The number of halogens is 1. The number of amides is 1. The molecule has 1 heterocycles. The third kappa shape index (κ3) is 3.11. The molecular formula is C16H23BrN2O. The van der Waals surface area contributed by atoms with Crippen molar-refractivity contribution in [3.63, 3.8) is 0 Å². The zero-order valence-corrected chi connectivity index (χ0v) is 13.7. The Labute approximate surface area is 129 Å². The van der Waals surface area contributed by atoms with Crippen LogP contribution >= 0.6 is 15.9 Å². The molecule has 2 aliphatic rings. The van der Waals surface area contributed by atoms with E-state index in [0.717, 1.165) is 28.9 Å². The Hall–Kier alpha value is -0.770. The molecule has 110 valence electrons.